The van der Waals surface area contributed by atoms with E-state index in [2.05, 4.69) is 12.1 Å². The number of benzene rings is 2. The third kappa shape index (κ3) is 3.75. The fraction of sp³-hybridized carbons (Fsp3) is 0.294. The number of phenolic OH excluding ortho intramolecular Hbond substituents is 1. The molecule has 0 heterocycles. The normalized spacial score (nSPS) is 12.1. The van der Waals surface area contributed by atoms with Crippen LogP contribution in [-0.4, -0.2) is 18.3 Å². The first-order valence-electron chi connectivity index (χ1n) is 6.93. The molecular weight excluding hydrogens is 250 g/mol. The number of nitrogens with two attached hydrogens (primary N) is 1. The molecule has 3 N–H and O–H groups in total. The maximum Gasteiger partial charge on any atom is 0.119 e. The quantitative estimate of drug-likeness (QED) is 0.849. The van der Waals surface area contributed by atoms with Crippen molar-refractivity contribution in [3.8, 4) is 11.5 Å². The van der Waals surface area contributed by atoms with Crippen molar-refractivity contribution in [2.24, 2.45) is 5.73 Å². The fourth-order valence-electron chi connectivity index (χ4n) is 2.26. The van der Waals surface area contributed by atoms with E-state index in [0.717, 1.165) is 17.7 Å². The zero-order chi connectivity index (χ0) is 14.4. The number of hydrogen-bond donors (Lipinski definition) is 2. The summed E-state index contributed by atoms with van der Waals surface area (Å²) in [7, 11) is 0. The molecule has 20 heavy (non-hydrogen) atoms. The van der Waals surface area contributed by atoms with Gasteiger partial charge in [-0.3, -0.25) is 0 Å². The topological polar surface area (TPSA) is 55.5 Å². The summed E-state index contributed by atoms with van der Waals surface area (Å²) in [6, 6.07) is 15.4. The van der Waals surface area contributed by atoms with Crippen LogP contribution in [0.5, 0.6) is 11.5 Å². The third-order valence-corrected chi connectivity index (χ3v) is 3.37. The van der Waals surface area contributed by atoms with Gasteiger partial charge in [-0.25, -0.2) is 0 Å². The van der Waals surface area contributed by atoms with Crippen molar-refractivity contribution in [2.75, 3.05) is 13.2 Å². The van der Waals surface area contributed by atoms with Crippen molar-refractivity contribution in [3.05, 3.63) is 59.7 Å². The molecule has 1 atom stereocenters. The van der Waals surface area contributed by atoms with Crippen molar-refractivity contribution in [1.82, 2.24) is 0 Å². The van der Waals surface area contributed by atoms with Crippen LogP contribution in [0.15, 0.2) is 48.5 Å². The van der Waals surface area contributed by atoms with Crippen molar-refractivity contribution in [3.63, 3.8) is 0 Å². The first-order chi connectivity index (χ1) is 9.72. The van der Waals surface area contributed by atoms with Gasteiger partial charge in [-0.15, -0.1) is 0 Å². The van der Waals surface area contributed by atoms with Crippen molar-refractivity contribution in [2.45, 2.75) is 19.3 Å². The summed E-state index contributed by atoms with van der Waals surface area (Å²) in [6.07, 6.45) is 0.883. The van der Waals surface area contributed by atoms with Crippen molar-refractivity contribution >= 4 is 0 Å². The lowest BCUT2D eigenvalue weighted by Gasteiger charge is -2.15. The van der Waals surface area contributed by atoms with Gasteiger partial charge in [0.15, 0.2) is 0 Å². The van der Waals surface area contributed by atoms with Gasteiger partial charge < -0.3 is 15.6 Å². The van der Waals surface area contributed by atoms with Gasteiger partial charge in [-0.05, 0) is 55.3 Å². The maximum atomic E-state index is 9.34. The van der Waals surface area contributed by atoms with Crippen molar-refractivity contribution in [1.29, 1.82) is 0 Å². The van der Waals surface area contributed by atoms with Crippen LogP contribution in [0, 0.1) is 0 Å². The lowest BCUT2D eigenvalue weighted by Crippen LogP contribution is -2.15. The molecule has 0 saturated heterocycles. The predicted octanol–water partition coefficient (Wildman–Crippen LogP) is 3.08. The first kappa shape index (κ1) is 14.4. The van der Waals surface area contributed by atoms with Crippen LogP contribution in [-0.2, 0) is 6.42 Å². The molecule has 0 amide bonds. The summed E-state index contributed by atoms with van der Waals surface area (Å²) < 4.78 is 5.44. The molecule has 2 aromatic rings. The Morgan fingerprint density at radius 1 is 1.05 bits per heavy atom. The monoisotopic (exact) mass is 271 g/mol. The summed E-state index contributed by atoms with van der Waals surface area (Å²) in [6.45, 7) is 3.24. The minimum atomic E-state index is 0.258. The van der Waals surface area contributed by atoms with E-state index in [1.54, 1.807) is 12.1 Å². The lowest BCUT2D eigenvalue weighted by atomic mass is 9.92. The van der Waals surface area contributed by atoms with Crippen LogP contribution < -0.4 is 10.5 Å². The predicted molar refractivity (Wildman–Crippen MR) is 81.2 cm³/mol. The minimum absolute atomic E-state index is 0.258. The van der Waals surface area contributed by atoms with Crippen LogP contribution in [0.2, 0.25) is 0 Å². The zero-order valence-corrected chi connectivity index (χ0v) is 11.8. The lowest BCUT2D eigenvalue weighted by molar-refractivity contribution is 0.340. The Labute approximate surface area is 120 Å². The van der Waals surface area contributed by atoms with E-state index < -0.39 is 0 Å². The van der Waals surface area contributed by atoms with Gasteiger partial charge in [0.1, 0.15) is 11.5 Å². The molecule has 0 spiro atoms. The fourth-order valence-corrected chi connectivity index (χ4v) is 2.26. The molecule has 0 aliphatic heterocycles. The molecule has 0 aromatic heterocycles. The SMILES string of the molecule is CCOc1ccc(CC(CN)c2ccc(O)cc2)cc1. The molecule has 3 heteroatoms. The van der Waals surface area contributed by atoms with Crippen LogP contribution >= 0.6 is 0 Å². The number of ether oxygens (including phenoxy) is 1. The summed E-state index contributed by atoms with van der Waals surface area (Å²) in [5, 5.41) is 9.34. The highest BCUT2D eigenvalue weighted by Gasteiger charge is 2.10. The van der Waals surface area contributed by atoms with E-state index in [9.17, 15) is 5.11 Å². The number of hydrogen-bond acceptors (Lipinski definition) is 3. The van der Waals surface area contributed by atoms with Gasteiger partial charge in [-0.1, -0.05) is 24.3 Å². The smallest absolute Gasteiger partial charge is 0.119 e. The summed E-state index contributed by atoms with van der Waals surface area (Å²) >= 11 is 0. The number of phenols is 1. The molecular formula is C17H21NO2. The summed E-state index contributed by atoms with van der Waals surface area (Å²) in [5.74, 6) is 1.43. The second kappa shape index (κ2) is 6.96. The highest BCUT2D eigenvalue weighted by molar-refractivity contribution is 5.32. The molecule has 0 fully saturated rings. The zero-order valence-electron chi connectivity index (χ0n) is 11.8. The first-order valence-corrected chi connectivity index (χ1v) is 6.93. The summed E-state index contributed by atoms with van der Waals surface area (Å²) in [4.78, 5) is 0. The molecule has 3 nitrogen and oxygen atoms in total. The van der Waals surface area contributed by atoms with Gasteiger partial charge in [-0.2, -0.15) is 0 Å². The van der Waals surface area contributed by atoms with Gasteiger partial charge in [0, 0.05) is 5.92 Å². The third-order valence-electron chi connectivity index (χ3n) is 3.37. The second-order valence-corrected chi connectivity index (χ2v) is 4.81. The molecule has 1 unspecified atom stereocenters. The standard InChI is InChI=1S/C17H21NO2/c1-2-20-17-9-3-13(4-10-17)11-15(12-18)14-5-7-16(19)8-6-14/h3-10,15,19H,2,11-12,18H2,1H3. The van der Waals surface area contributed by atoms with E-state index in [0.29, 0.717) is 13.2 Å². The highest BCUT2D eigenvalue weighted by Crippen LogP contribution is 2.23. The second-order valence-electron chi connectivity index (χ2n) is 4.81. The Hall–Kier alpha value is -2.00. The molecule has 0 saturated carbocycles. The molecule has 0 radical (unpaired) electrons. The van der Waals surface area contributed by atoms with Gasteiger partial charge in [0.2, 0.25) is 0 Å². The van der Waals surface area contributed by atoms with Gasteiger partial charge in [0.05, 0.1) is 6.61 Å². The average molecular weight is 271 g/mol. The average Bonchev–Trinajstić information content (AvgIpc) is 2.48. The van der Waals surface area contributed by atoms with E-state index in [4.69, 9.17) is 10.5 Å². The number of aromatic hydroxyl groups is 1. The Bertz CT molecular complexity index is 520. The Morgan fingerprint density at radius 3 is 2.25 bits per heavy atom. The van der Waals surface area contributed by atoms with Crippen LogP contribution in [0.1, 0.15) is 24.0 Å². The Kier molecular flexibility index (Phi) is 5.02. The minimum Gasteiger partial charge on any atom is -0.508 e. The largest absolute Gasteiger partial charge is 0.508 e. The molecule has 2 rings (SSSR count). The molecule has 0 aliphatic carbocycles. The van der Waals surface area contributed by atoms with E-state index in [1.165, 1.54) is 5.56 Å². The van der Waals surface area contributed by atoms with Crippen LogP contribution in [0.4, 0.5) is 0 Å². The molecule has 2 aromatic carbocycles. The molecule has 106 valence electrons. The van der Waals surface area contributed by atoms with Gasteiger partial charge in [0.25, 0.3) is 0 Å². The van der Waals surface area contributed by atoms with Gasteiger partial charge >= 0.3 is 0 Å². The molecule has 0 bridgehead atoms. The Morgan fingerprint density at radius 2 is 1.70 bits per heavy atom. The van der Waals surface area contributed by atoms with Crippen molar-refractivity contribution < 1.29 is 9.84 Å². The van der Waals surface area contributed by atoms with Crippen LogP contribution in [0.3, 0.4) is 0 Å². The van der Waals surface area contributed by atoms with E-state index in [1.807, 2.05) is 31.2 Å². The summed E-state index contributed by atoms with van der Waals surface area (Å²) in [5.41, 5.74) is 8.27. The maximum absolute atomic E-state index is 9.34. The van der Waals surface area contributed by atoms with Crippen LogP contribution in [0.25, 0.3) is 0 Å². The Balaban J connectivity index is 2.07. The van der Waals surface area contributed by atoms with E-state index in [-0.39, 0.29) is 11.7 Å². The highest BCUT2D eigenvalue weighted by atomic mass is 16.5. The number of rotatable bonds is 6. The van der Waals surface area contributed by atoms with E-state index >= 15 is 0 Å². The molecule has 0 aliphatic rings.